The Bertz CT molecular complexity index is 676. The average molecular weight is 298 g/mol. The number of oxazole rings is 1. The molecule has 2 aromatic rings. The Morgan fingerprint density at radius 2 is 2.14 bits per heavy atom. The molecule has 5 nitrogen and oxygen atoms in total. The summed E-state index contributed by atoms with van der Waals surface area (Å²) in [4.78, 5) is 18.5. The Hall–Kier alpha value is -2.30. The van der Waals surface area contributed by atoms with Crippen molar-refractivity contribution < 1.29 is 13.9 Å². The molecule has 0 spiro atoms. The van der Waals surface area contributed by atoms with Crippen LogP contribution in [-0.2, 0) is 24.4 Å². The Morgan fingerprint density at radius 1 is 1.32 bits per heavy atom. The van der Waals surface area contributed by atoms with Gasteiger partial charge < -0.3 is 14.1 Å². The van der Waals surface area contributed by atoms with E-state index in [9.17, 15) is 4.79 Å². The fraction of sp³-hybridized carbons (Fsp3) is 0.412. The van der Waals surface area contributed by atoms with E-state index >= 15 is 0 Å². The molecular formula is C17H18N2O3. The summed E-state index contributed by atoms with van der Waals surface area (Å²) in [6.45, 7) is 1.60. The van der Waals surface area contributed by atoms with Gasteiger partial charge in [0.05, 0.1) is 12.2 Å². The van der Waals surface area contributed by atoms with E-state index in [0.29, 0.717) is 19.0 Å². The maximum absolute atomic E-state index is 12.1. The monoisotopic (exact) mass is 298 g/mol. The molecular weight excluding hydrogens is 280 g/mol. The van der Waals surface area contributed by atoms with Crippen molar-refractivity contribution in [1.82, 2.24) is 9.88 Å². The van der Waals surface area contributed by atoms with Crippen LogP contribution in [0.5, 0.6) is 5.75 Å². The number of fused-ring (bicyclic) bond motifs is 1. The number of hydrogen-bond acceptors (Lipinski definition) is 4. The molecule has 5 heteroatoms. The third-order valence-corrected chi connectivity index (χ3v) is 4.12. The second-order valence-corrected chi connectivity index (χ2v) is 5.86. The van der Waals surface area contributed by atoms with Crippen LogP contribution in [0, 0.1) is 5.92 Å². The van der Waals surface area contributed by atoms with Gasteiger partial charge in [-0.1, -0.05) is 18.2 Å². The zero-order valence-electron chi connectivity index (χ0n) is 12.3. The standard InChI is InChI=1S/C17H18N2O3/c20-17(12-6-7-12)19-9-8-14-15(10-19)22-16(18-14)11-21-13-4-2-1-3-5-13/h1-5,12H,6-11H2. The van der Waals surface area contributed by atoms with E-state index in [0.717, 1.165) is 43.0 Å². The van der Waals surface area contributed by atoms with Crippen LogP contribution >= 0.6 is 0 Å². The lowest BCUT2D eigenvalue weighted by Gasteiger charge is -2.25. The molecule has 1 aromatic carbocycles. The molecule has 0 N–H and O–H groups in total. The van der Waals surface area contributed by atoms with Gasteiger partial charge in [0.25, 0.3) is 0 Å². The van der Waals surface area contributed by atoms with Crippen LogP contribution in [0.4, 0.5) is 0 Å². The molecule has 0 unspecified atom stereocenters. The molecule has 1 fully saturated rings. The second-order valence-electron chi connectivity index (χ2n) is 5.86. The highest BCUT2D eigenvalue weighted by Gasteiger charge is 2.35. The van der Waals surface area contributed by atoms with Crippen LogP contribution < -0.4 is 4.74 Å². The number of benzene rings is 1. The van der Waals surface area contributed by atoms with Crippen molar-refractivity contribution >= 4 is 5.91 Å². The third-order valence-electron chi connectivity index (χ3n) is 4.12. The second kappa shape index (κ2) is 5.48. The highest BCUT2D eigenvalue weighted by molar-refractivity contribution is 5.81. The molecule has 1 aliphatic heterocycles. The summed E-state index contributed by atoms with van der Waals surface area (Å²) >= 11 is 0. The SMILES string of the molecule is O=C(C1CC1)N1CCc2nc(COc3ccccc3)oc2C1. The fourth-order valence-corrected chi connectivity index (χ4v) is 2.75. The van der Waals surface area contributed by atoms with Crippen molar-refractivity contribution in [2.75, 3.05) is 6.54 Å². The first kappa shape index (κ1) is 13.4. The number of aromatic nitrogens is 1. The van der Waals surface area contributed by atoms with Crippen LogP contribution in [0.3, 0.4) is 0 Å². The van der Waals surface area contributed by atoms with Crippen LogP contribution in [0.25, 0.3) is 0 Å². The van der Waals surface area contributed by atoms with Gasteiger partial charge in [0.2, 0.25) is 11.8 Å². The number of carbonyl (C=O) groups is 1. The van der Waals surface area contributed by atoms with E-state index < -0.39 is 0 Å². The van der Waals surface area contributed by atoms with Gasteiger partial charge in [0, 0.05) is 18.9 Å². The lowest BCUT2D eigenvalue weighted by molar-refractivity contribution is -0.133. The van der Waals surface area contributed by atoms with Crippen LogP contribution in [0.1, 0.15) is 30.2 Å². The molecule has 1 amide bonds. The molecule has 22 heavy (non-hydrogen) atoms. The van der Waals surface area contributed by atoms with Gasteiger partial charge in [-0.2, -0.15) is 0 Å². The van der Waals surface area contributed by atoms with Gasteiger partial charge >= 0.3 is 0 Å². The molecule has 0 saturated heterocycles. The summed E-state index contributed by atoms with van der Waals surface area (Å²) in [7, 11) is 0. The molecule has 0 atom stereocenters. The number of hydrogen-bond donors (Lipinski definition) is 0. The Kier molecular flexibility index (Phi) is 3.33. The van der Waals surface area contributed by atoms with Gasteiger partial charge in [-0.15, -0.1) is 0 Å². The Labute approximate surface area is 128 Å². The van der Waals surface area contributed by atoms with E-state index in [2.05, 4.69) is 4.98 Å². The molecule has 2 heterocycles. The third kappa shape index (κ3) is 2.71. The van der Waals surface area contributed by atoms with Crippen molar-refractivity contribution in [1.29, 1.82) is 0 Å². The molecule has 0 radical (unpaired) electrons. The molecule has 1 aromatic heterocycles. The van der Waals surface area contributed by atoms with Crippen LogP contribution in [0.2, 0.25) is 0 Å². The Balaban J connectivity index is 1.41. The van der Waals surface area contributed by atoms with Crippen molar-refractivity contribution in [3.8, 4) is 5.75 Å². The first-order valence-corrected chi connectivity index (χ1v) is 7.73. The summed E-state index contributed by atoms with van der Waals surface area (Å²) in [6.07, 6.45) is 2.84. The van der Waals surface area contributed by atoms with E-state index in [1.165, 1.54) is 0 Å². The van der Waals surface area contributed by atoms with Crippen molar-refractivity contribution in [3.05, 3.63) is 47.7 Å². The van der Waals surface area contributed by atoms with Gasteiger partial charge in [0.1, 0.15) is 11.5 Å². The summed E-state index contributed by atoms with van der Waals surface area (Å²) in [5.41, 5.74) is 0.964. The minimum absolute atomic E-state index is 0.255. The fourth-order valence-electron chi connectivity index (χ4n) is 2.75. The first-order chi connectivity index (χ1) is 10.8. The van der Waals surface area contributed by atoms with Crippen molar-refractivity contribution in [2.24, 2.45) is 5.92 Å². The summed E-state index contributed by atoms with van der Waals surface area (Å²) < 4.78 is 11.4. The summed E-state index contributed by atoms with van der Waals surface area (Å²) in [5, 5.41) is 0. The average Bonchev–Trinajstić information content (AvgIpc) is 3.32. The molecule has 1 aliphatic carbocycles. The first-order valence-electron chi connectivity index (χ1n) is 7.73. The summed E-state index contributed by atoms with van der Waals surface area (Å²) in [5.74, 6) is 2.71. The predicted octanol–water partition coefficient (Wildman–Crippen LogP) is 2.55. The van der Waals surface area contributed by atoms with Crippen LogP contribution in [0.15, 0.2) is 34.7 Å². The van der Waals surface area contributed by atoms with E-state index in [-0.39, 0.29) is 11.8 Å². The Morgan fingerprint density at radius 3 is 2.91 bits per heavy atom. The predicted molar refractivity (Wildman–Crippen MR) is 79.1 cm³/mol. The van der Waals surface area contributed by atoms with E-state index in [4.69, 9.17) is 9.15 Å². The smallest absolute Gasteiger partial charge is 0.232 e. The number of ether oxygens (including phenoxy) is 1. The molecule has 4 rings (SSSR count). The van der Waals surface area contributed by atoms with Crippen LogP contribution in [-0.4, -0.2) is 22.3 Å². The molecule has 2 aliphatic rings. The lowest BCUT2D eigenvalue weighted by Crippen LogP contribution is -2.36. The molecule has 0 bridgehead atoms. The largest absolute Gasteiger partial charge is 0.484 e. The van der Waals surface area contributed by atoms with Crippen molar-refractivity contribution in [2.45, 2.75) is 32.4 Å². The maximum Gasteiger partial charge on any atom is 0.232 e. The molecule has 1 saturated carbocycles. The normalized spacial score (nSPS) is 17.2. The zero-order chi connectivity index (χ0) is 14.9. The van der Waals surface area contributed by atoms with Gasteiger partial charge in [-0.3, -0.25) is 4.79 Å². The highest BCUT2D eigenvalue weighted by atomic mass is 16.5. The number of para-hydroxylation sites is 1. The van der Waals surface area contributed by atoms with Gasteiger partial charge in [-0.25, -0.2) is 4.98 Å². The van der Waals surface area contributed by atoms with E-state index in [1.54, 1.807) is 0 Å². The molecule has 114 valence electrons. The number of rotatable bonds is 4. The zero-order valence-corrected chi connectivity index (χ0v) is 12.3. The number of amides is 1. The highest BCUT2D eigenvalue weighted by Crippen LogP contribution is 2.33. The van der Waals surface area contributed by atoms with Gasteiger partial charge in [-0.05, 0) is 25.0 Å². The van der Waals surface area contributed by atoms with E-state index in [1.807, 2.05) is 35.2 Å². The summed E-state index contributed by atoms with van der Waals surface area (Å²) in [6, 6.07) is 9.61. The van der Waals surface area contributed by atoms with Gasteiger partial charge in [0.15, 0.2) is 6.61 Å². The maximum atomic E-state index is 12.1. The number of nitrogens with zero attached hydrogens (tertiary/aromatic N) is 2. The topological polar surface area (TPSA) is 55.6 Å². The quantitative estimate of drug-likeness (QED) is 0.870. The minimum atomic E-state index is 0.255. The minimum Gasteiger partial charge on any atom is -0.484 e. The van der Waals surface area contributed by atoms with Crippen molar-refractivity contribution in [3.63, 3.8) is 0 Å². The lowest BCUT2D eigenvalue weighted by atomic mass is 10.1. The number of carbonyl (C=O) groups excluding carboxylic acids is 1.